The molecule has 0 aromatic heterocycles. The van der Waals surface area contributed by atoms with E-state index in [2.05, 4.69) is 5.32 Å². The summed E-state index contributed by atoms with van der Waals surface area (Å²) >= 11 is 0. The molecule has 1 rings (SSSR count). The number of nitrogens with zero attached hydrogens (tertiary/aromatic N) is 1. The van der Waals surface area contributed by atoms with Gasteiger partial charge in [-0.3, -0.25) is 0 Å². The number of nitrogens with two attached hydrogens (primary N) is 1. The molecule has 7 heteroatoms. The molecule has 92 valence electrons. The van der Waals surface area contributed by atoms with Crippen molar-refractivity contribution in [3.8, 4) is 6.07 Å². The molecule has 5 nitrogen and oxygen atoms in total. The second-order valence-electron chi connectivity index (χ2n) is 3.45. The highest BCUT2D eigenvalue weighted by atomic mass is 32.2. The van der Waals surface area contributed by atoms with Crippen molar-refractivity contribution in [3.05, 3.63) is 29.6 Å². The van der Waals surface area contributed by atoms with Gasteiger partial charge in [-0.2, -0.15) is 5.26 Å². The number of hydrogen-bond donors (Lipinski definition) is 2. The van der Waals surface area contributed by atoms with E-state index in [9.17, 15) is 12.8 Å². The minimum atomic E-state index is -3.48. The van der Waals surface area contributed by atoms with Crippen LogP contribution in [0.2, 0.25) is 0 Å². The van der Waals surface area contributed by atoms with Crippen LogP contribution in [0.5, 0.6) is 0 Å². The summed E-state index contributed by atoms with van der Waals surface area (Å²) in [5, 5.41) is 16.1. The van der Waals surface area contributed by atoms with Crippen LogP contribution in [-0.2, 0) is 10.0 Å². The number of halogens is 1. The van der Waals surface area contributed by atoms with E-state index < -0.39 is 15.8 Å². The highest BCUT2D eigenvalue weighted by molar-refractivity contribution is 7.89. The van der Waals surface area contributed by atoms with Crippen molar-refractivity contribution < 1.29 is 12.8 Å². The summed E-state index contributed by atoms with van der Waals surface area (Å²) in [7, 11) is -3.48. The number of nitriles is 1. The number of anilines is 1. The molecule has 0 radical (unpaired) electrons. The smallest absolute Gasteiger partial charge is 0.209 e. The largest absolute Gasteiger partial charge is 0.383 e. The number of benzene rings is 1. The van der Waals surface area contributed by atoms with Crippen LogP contribution in [0.4, 0.5) is 10.1 Å². The third-order valence-electron chi connectivity index (χ3n) is 2.02. The number of primary sulfonamides is 1. The highest BCUT2D eigenvalue weighted by Crippen LogP contribution is 2.15. The molecule has 0 atom stereocenters. The molecule has 0 aliphatic rings. The van der Waals surface area contributed by atoms with Gasteiger partial charge in [0.25, 0.3) is 0 Å². The van der Waals surface area contributed by atoms with Gasteiger partial charge in [0.15, 0.2) is 0 Å². The molecule has 3 N–H and O–H groups in total. The molecule has 0 unspecified atom stereocenters. The summed E-state index contributed by atoms with van der Waals surface area (Å²) in [5.41, 5.74) is 0.469. The molecule has 17 heavy (non-hydrogen) atoms. The van der Waals surface area contributed by atoms with Gasteiger partial charge < -0.3 is 5.32 Å². The summed E-state index contributed by atoms with van der Waals surface area (Å²) in [6.45, 7) is 0.291. The first-order valence-electron chi connectivity index (χ1n) is 4.86. The van der Waals surface area contributed by atoms with Gasteiger partial charge in [0.1, 0.15) is 5.82 Å². The fourth-order valence-corrected chi connectivity index (χ4v) is 1.77. The van der Waals surface area contributed by atoms with Crippen molar-refractivity contribution >= 4 is 15.7 Å². The van der Waals surface area contributed by atoms with E-state index in [-0.39, 0.29) is 23.4 Å². The second kappa shape index (κ2) is 5.61. The Bertz CT molecular complexity index is 537. The van der Waals surface area contributed by atoms with E-state index in [0.29, 0.717) is 6.54 Å². The average molecular weight is 257 g/mol. The Morgan fingerprint density at radius 3 is 2.71 bits per heavy atom. The fraction of sp³-hybridized carbons (Fsp3) is 0.300. The SMILES string of the molecule is N#Cc1ccc(NCCCS(N)(=O)=O)c(F)c1. The molecule has 0 bridgehead atoms. The van der Waals surface area contributed by atoms with E-state index in [1.165, 1.54) is 12.1 Å². The average Bonchev–Trinajstić information content (AvgIpc) is 2.24. The first-order chi connectivity index (χ1) is 7.92. The van der Waals surface area contributed by atoms with Gasteiger partial charge in [-0.05, 0) is 24.6 Å². The molecule has 1 aromatic rings. The van der Waals surface area contributed by atoms with E-state index in [0.717, 1.165) is 6.07 Å². The molecular formula is C10H12FN3O2S. The lowest BCUT2D eigenvalue weighted by atomic mass is 10.2. The van der Waals surface area contributed by atoms with Gasteiger partial charge in [0.05, 0.1) is 23.1 Å². The lowest BCUT2D eigenvalue weighted by Gasteiger charge is -2.06. The summed E-state index contributed by atoms with van der Waals surface area (Å²) in [4.78, 5) is 0. The Morgan fingerprint density at radius 2 is 2.18 bits per heavy atom. The van der Waals surface area contributed by atoms with E-state index in [1.54, 1.807) is 0 Å². The quantitative estimate of drug-likeness (QED) is 0.762. The fourth-order valence-electron chi connectivity index (χ4n) is 1.22. The topological polar surface area (TPSA) is 96.0 Å². The van der Waals surface area contributed by atoms with Crippen molar-refractivity contribution in [2.75, 3.05) is 17.6 Å². The van der Waals surface area contributed by atoms with Crippen LogP contribution in [0.25, 0.3) is 0 Å². The molecular weight excluding hydrogens is 245 g/mol. The van der Waals surface area contributed by atoms with E-state index in [4.69, 9.17) is 10.4 Å². The van der Waals surface area contributed by atoms with Crippen LogP contribution >= 0.6 is 0 Å². The molecule has 0 amide bonds. The van der Waals surface area contributed by atoms with Gasteiger partial charge in [-0.15, -0.1) is 0 Å². The lowest BCUT2D eigenvalue weighted by molar-refractivity contribution is 0.595. The van der Waals surface area contributed by atoms with Gasteiger partial charge in [-0.1, -0.05) is 0 Å². The summed E-state index contributed by atoms with van der Waals surface area (Å²) in [5.74, 6) is -0.697. The maximum Gasteiger partial charge on any atom is 0.209 e. The predicted octanol–water partition coefficient (Wildman–Crippen LogP) is 0.788. The summed E-state index contributed by atoms with van der Waals surface area (Å²) in [6.07, 6.45) is 0.290. The molecule has 0 saturated heterocycles. The molecule has 0 fully saturated rings. The zero-order valence-corrected chi connectivity index (χ0v) is 9.80. The maximum atomic E-state index is 13.3. The standard InChI is InChI=1S/C10H12FN3O2S/c11-9-6-8(7-12)2-3-10(9)14-4-1-5-17(13,15)16/h2-3,6,14H,1,4-5H2,(H2,13,15,16). The molecule has 0 aliphatic carbocycles. The Morgan fingerprint density at radius 1 is 1.47 bits per heavy atom. The van der Waals surface area contributed by atoms with Crippen LogP contribution in [0.1, 0.15) is 12.0 Å². The molecule has 0 spiro atoms. The van der Waals surface area contributed by atoms with E-state index >= 15 is 0 Å². The lowest BCUT2D eigenvalue weighted by Crippen LogP contribution is -2.18. The summed E-state index contributed by atoms with van der Waals surface area (Å²) in [6, 6.07) is 5.84. The predicted molar refractivity (Wildman–Crippen MR) is 62.2 cm³/mol. The normalized spacial score (nSPS) is 10.9. The summed E-state index contributed by atoms with van der Waals surface area (Å²) < 4.78 is 34.6. The number of rotatable bonds is 5. The zero-order chi connectivity index (χ0) is 12.9. The molecule has 0 saturated carbocycles. The van der Waals surface area contributed by atoms with Crippen LogP contribution in [0.3, 0.4) is 0 Å². The van der Waals surface area contributed by atoms with Crippen LogP contribution in [0, 0.1) is 17.1 Å². The molecule has 1 aromatic carbocycles. The van der Waals surface area contributed by atoms with Crippen LogP contribution in [0.15, 0.2) is 18.2 Å². The second-order valence-corrected chi connectivity index (χ2v) is 5.19. The Kier molecular flexibility index (Phi) is 4.43. The zero-order valence-electron chi connectivity index (χ0n) is 8.98. The van der Waals surface area contributed by atoms with Crippen molar-refractivity contribution in [2.24, 2.45) is 5.14 Å². The van der Waals surface area contributed by atoms with Gasteiger partial charge >= 0.3 is 0 Å². The van der Waals surface area contributed by atoms with Crippen molar-refractivity contribution in [1.82, 2.24) is 0 Å². The first kappa shape index (κ1) is 13.4. The number of sulfonamides is 1. The van der Waals surface area contributed by atoms with Crippen molar-refractivity contribution in [1.29, 1.82) is 5.26 Å². The monoisotopic (exact) mass is 257 g/mol. The highest BCUT2D eigenvalue weighted by Gasteiger charge is 2.04. The molecule has 0 aliphatic heterocycles. The molecule has 0 heterocycles. The van der Waals surface area contributed by atoms with E-state index in [1.807, 2.05) is 6.07 Å². The van der Waals surface area contributed by atoms with Crippen LogP contribution < -0.4 is 10.5 Å². The van der Waals surface area contributed by atoms with Gasteiger partial charge in [0, 0.05) is 6.54 Å². The maximum absolute atomic E-state index is 13.3. The first-order valence-corrected chi connectivity index (χ1v) is 6.58. The minimum absolute atomic E-state index is 0.155. The van der Waals surface area contributed by atoms with Crippen molar-refractivity contribution in [2.45, 2.75) is 6.42 Å². The minimum Gasteiger partial charge on any atom is -0.383 e. The Labute approximate surface area is 99.1 Å². The third-order valence-corrected chi connectivity index (χ3v) is 2.88. The third kappa shape index (κ3) is 4.80. The van der Waals surface area contributed by atoms with Crippen LogP contribution in [-0.4, -0.2) is 20.7 Å². The van der Waals surface area contributed by atoms with Gasteiger partial charge in [-0.25, -0.2) is 17.9 Å². The Hall–Kier alpha value is -1.65. The van der Waals surface area contributed by atoms with Gasteiger partial charge in [0.2, 0.25) is 10.0 Å². The van der Waals surface area contributed by atoms with Crippen molar-refractivity contribution in [3.63, 3.8) is 0 Å². The number of nitrogens with one attached hydrogen (secondary N) is 1. The number of hydrogen-bond acceptors (Lipinski definition) is 4. The Balaban J connectivity index is 2.51.